The molecule has 15 aromatic rings. The van der Waals surface area contributed by atoms with Crippen molar-refractivity contribution >= 4 is 118 Å². The van der Waals surface area contributed by atoms with Gasteiger partial charge in [-0.05, 0) is 255 Å². The summed E-state index contributed by atoms with van der Waals surface area (Å²) in [6, 6.07) is 77.4. The van der Waals surface area contributed by atoms with E-state index in [0.29, 0.717) is 67.9 Å². The van der Waals surface area contributed by atoms with Crippen LogP contribution in [0.2, 0.25) is 0 Å². The first-order chi connectivity index (χ1) is 64.6. The Morgan fingerprint density at radius 2 is 0.373 bits per heavy atom. The first-order valence-electron chi connectivity index (χ1n) is 43.4. The van der Waals surface area contributed by atoms with E-state index in [-0.39, 0.29) is 57.6 Å². The van der Waals surface area contributed by atoms with E-state index in [1.807, 2.05) is 146 Å². The molecule has 0 aliphatic carbocycles. The second-order valence-electron chi connectivity index (χ2n) is 32.8. The lowest BCUT2D eigenvalue weighted by Gasteiger charge is -2.19. The van der Waals surface area contributed by atoms with Crippen molar-refractivity contribution in [1.82, 2.24) is 0 Å². The predicted molar refractivity (Wildman–Crippen MR) is 506 cm³/mol. The van der Waals surface area contributed by atoms with E-state index in [0.717, 1.165) is 64.6 Å². The lowest BCUT2D eigenvalue weighted by atomic mass is 9.97. The molecule has 0 saturated heterocycles. The SMILES string of the molecule is COc1ccc2cc([C@H](C)C(=O)Oc3cc(OC(=O)[C@@H](C)c4ccc5cc(OC)ccc5c4)cc(C(=O)OCCC(COC(=O)c4cc(OC(=O)[C@@H](C)c5ccc6cc(OC)ccc6c5)cc(OC(=O)[C@@H](C)c5ccc6cc(OC)ccc6c5)c4)COC(=O)c4cc(OC(=O)[C@@H](C)c5ccc6cc(OC)ccc6c5)cc(OC(=O)[C@@H](C)c5ccc6cc(OC)ccc6c5)c4)c3)ccc2c1. The van der Waals surface area contributed by atoms with Gasteiger partial charge in [0.05, 0.1) is 115 Å². The average Bonchev–Trinajstić information content (AvgIpc) is 0.818. The number of ether oxygens (including phenoxy) is 15. The maximum absolute atomic E-state index is 15.0. The minimum atomic E-state index is -1.09. The molecule has 24 heteroatoms. The first-order valence-corrected chi connectivity index (χ1v) is 43.4. The third kappa shape index (κ3) is 22.0. The normalized spacial score (nSPS) is 12.6. The monoisotopic (exact) mass is 1800 g/mol. The summed E-state index contributed by atoms with van der Waals surface area (Å²) in [6.07, 6.45) is -0.239. The standard InChI is InChI=1S/C110H96O24/c1-62(69-13-19-81-45-90(120-7)31-25-75(81)39-69)102(111)129-96-51-87(52-97(57-96)130-103(112)63(2)70-14-20-82-46-91(121-8)32-26-76(82)40-70)108(117)126-38-37-68(60-127-109(118)88-53-98(131-104(113)64(3)71-15-21-83-47-92(122-9)33-27-77(83)41-71)58-99(54-88)132-105(114)65(4)72-16-22-84-48-93(123-10)34-28-78(84)42-72)61-128-110(119)89-55-100(133-106(115)66(5)73-17-23-85-49-94(124-11)35-29-79(85)43-73)59-101(56-89)134-107(116)67(6)74-18-24-86-50-95(125-12)36-30-80(86)44-74/h13-36,39-59,62-68H,37-38,60-61H2,1-12H3/t62-,63-,64-,65-,66-,67-/m0/s1. The second kappa shape index (κ2) is 41.3. The van der Waals surface area contributed by atoms with Crippen molar-refractivity contribution in [2.45, 2.75) is 83.5 Å². The molecule has 0 heterocycles. The Labute approximate surface area is 772 Å². The van der Waals surface area contributed by atoms with Crippen LogP contribution < -0.4 is 56.8 Å². The van der Waals surface area contributed by atoms with Crippen molar-refractivity contribution in [3.63, 3.8) is 0 Å². The molecule has 134 heavy (non-hydrogen) atoms. The molecule has 680 valence electrons. The van der Waals surface area contributed by atoms with Crippen LogP contribution in [0.15, 0.2) is 273 Å². The third-order valence-electron chi connectivity index (χ3n) is 23.9. The number of esters is 9. The number of carbonyl (C=O) groups excluding carboxylic acids is 9. The Balaban J connectivity index is 0.735. The summed E-state index contributed by atoms with van der Waals surface area (Å²) in [5.74, 6) is -11.2. The van der Waals surface area contributed by atoms with E-state index in [4.69, 9.17) is 71.1 Å². The van der Waals surface area contributed by atoms with Gasteiger partial charge >= 0.3 is 53.7 Å². The maximum atomic E-state index is 15.0. The van der Waals surface area contributed by atoms with Crippen LogP contribution in [0.1, 0.15) is 148 Å². The Hall–Kier alpha value is -16.1. The van der Waals surface area contributed by atoms with E-state index < -0.39 is 115 Å². The Bertz CT molecular complexity index is 6420. The quantitative estimate of drug-likeness (QED) is 0.0206. The van der Waals surface area contributed by atoms with Gasteiger partial charge in [-0.2, -0.15) is 0 Å². The van der Waals surface area contributed by atoms with Gasteiger partial charge in [0.15, 0.2) is 0 Å². The van der Waals surface area contributed by atoms with Gasteiger partial charge in [-0.25, -0.2) is 14.4 Å². The highest BCUT2D eigenvalue weighted by Gasteiger charge is 2.30. The fraction of sp³-hybridized carbons (Fsp3) is 0.209. The number of benzene rings is 15. The number of rotatable bonds is 34. The van der Waals surface area contributed by atoms with Gasteiger partial charge in [-0.3, -0.25) is 28.8 Å². The number of hydrogen-bond donors (Lipinski definition) is 0. The fourth-order valence-corrected chi connectivity index (χ4v) is 15.5. The van der Waals surface area contributed by atoms with Crippen LogP contribution in [0, 0.1) is 5.92 Å². The molecule has 6 atom stereocenters. The Kier molecular flexibility index (Phi) is 28.6. The highest BCUT2D eigenvalue weighted by atomic mass is 16.6. The molecule has 0 aromatic heterocycles. The van der Waals surface area contributed by atoms with Crippen molar-refractivity contribution in [3.05, 3.63) is 323 Å². The molecule has 0 aliphatic rings. The summed E-state index contributed by atoms with van der Waals surface area (Å²) in [5, 5.41) is 10.1. The highest BCUT2D eigenvalue weighted by molar-refractivity contribution is 5.97. The zero-order chi connectivity index (χ0) is 94.5. The number of carbonyl (C=O) groups is 9. The van der Waals surface area contributed by atoms with Crippen molar-refractivity contribution in [2.75, 3.05) is 62.5 Å². The fourth-order valence-electron chi connectivity index (χ4n) is 15.5. The molecule has 24 nitrogen and oxygen atoms in total. The first kappa shape index (κ1) is 92.6. The van der Waals surface area contributed by atoms with E-state index in [2.05, 4.69) is 0 Å². The summed E-state index contributed by atoms with van der Waals surface area (Å²) < 4.78 is 87.2. The molecular weight excluding hydrogens is 1710 g/mol. The van der Waals surface area contributed by atoms with Gasteiger partial charge in [-0.15, -0.1) is 0 Å². The van der Waals surface area contributed by atoms with Crippen molar-refractivity contribution in [1.29, 1.82) is 0 Å². The molecule has 0 spiro atoms. The number of fused-ring (bicyclic) bond motifs is 6. The van der Waals surface area contributed by atoms with Gasteiger partial charge in [0.25, 0.3) is 0 Å². The molecule has 0 N–H and O–H groups in total. The molecule has 0 aliphatic heterocycles. The average molecular weight is 1800 g/mol. The van der Waals surface area contributed by atoms with Crippen molar-refractivity contribution in [2.24, 2.45) is 5.92 Å². The summed E-state index contributed by atoms with van der Waals surface area (Å²) >= 11 is 0. The molecule has 0 radical (unpaired) electrons. The second-order valence-corrected chi connectivity index (χ2v) is 32.8. The minimum Gasteiger partial charge on any atom is -0.497 e. The van der Waals surface area contributed by atoms with Crippen LogP contribution in [-0.4, -0.2) is 116 Å². The lowest BCUT2D eigenvalue weighted by molar-refractivity contribution is -0.137. The van der Waals surface area contributed by atoms with Gasteiger partial charge in [0.2, 0.25) is 0 Å². The van der Waals surface area contributed by atoms with Gasteiger partial charge in [0.1, 0.15) is 69.0 Å². The largest absolute Gasteiger partial charge is 0.497 e. The molecule has 0 fully saturated rings. The highest BCUT2D eigenvalue weighted by Crippen LogP contribution is 2.38. The summed E-state index contributed by atoms with van der Waals surface area (Å²) in [4.78, 5) is 131. The molecule has 15 rings (SSSR count). The number of hydrogen-bond acceptors (Lipinski definition) is 24. The van der Waals surface area contributed by atoms with Crippen LogP contribution in [0.3, 0.4) is 0 Å². The summed E-state index contributed by atoms with van der Waals surface area (Å²) in [7, 11) is 9.40. The van der Waals surface area contributed by atoms with Gasteiger partial charge < -0.3 is 71.1 Å². The van der Waals surface area contributed by atoms with Crippen LogP contribution in [0.25, 0.3) is 64.6 Å². The van der Waals surface area contributed by atoms with E-state index in [9.17, 15) is 33.6 Å². The lowest BCUT2D eigenvalue weighted by Crippen LogP contribution is -2.24. The molecule has 0 amide bonds. The third-order valence-corrected chi connectivity index (χ3v) is 23.9. The molecule has 0 saturated carbocycles. The molecule has 0 bridgehead atoms. The zero-order valence-electron chi connectivity index (χ0n) is 75.6. The smallest absolute Gasteiger partial charge is 0.338 e. The van der Waals surface area contributed by atoms with Crippen LogP contribution in [0.4, 0.5) is 0 Å². The predicted octanol–water partition coefficient (Wildman–Crippen LogP) is 21.8. The van der Waals surface area contributed by atoms with Gasteiger partial charge in [0, 0.05) is 24.1 Å². The molecule has 15 aromatic carbocycles. The van der Waals surface area contributed by atoms with Crippen LogP contribution in [-0.2, 0) is 43.0 Å². The molecular formula is C110H96O24. The maximum Gasteiger partial charge on any atom is 0.338 e. The van der Waals surface area contributed by atoms with Crippen molar-refractivity contribution < 1.29 is 114 Å². The zero-order valence-corrected chi connectivity index (χ0v) is 75.6. The summed E-state index contributed by atoms with van der Waals surface area (Å²) in [6.45, 7) is 8.24. The summed E-state index contributed by atoms with van der Waals surface area (Å²) in [5.41, 5.74) is 2.84. The Morgan fingerprint density at radius 3 is 0.560 bits per heavy atom. The van der Waals surface area contributed by atoms with Crippen LogP contribution in [0.5, 0.6) is 69.0 Å². The van der Waals surface area contributed by atoms with Crippen LogP contribution >= 0.6 is 0 Å². The van der Waals surface area contributed by atoms with Gasteiger partial charge in [-0.1, -0.05) is 146 Å². The van der Waals surface area contributed by atoms with E-state index in [1.165, 1.54) is 54.6 Å². The van der Waals surface area contributed by atoms with Crippen molar-refractivity contribution in [3.8, 4) is 69.0 Å². The topological polar surface area (TPSA) is 292 Å². The Morgan fingerprint density at radius 1 is 0.201 bits per heavy atom. The molecule has 0 unspecified atom stereocenters. The minimum absolute atomic E-state index is 0.188. The van der Waals surface area contributed by atoms with E-state index >= 15 is 9.59 Å². The number of methoxy groups -OCH3 is 6. The van der Waals surface area contributed by atoms with E-state index in [1.54, 1.807) is 157 Å².